The van der Waals surface area contributed by atoms with Crippen LogP contribution in [0.2, 0.25) is 0 Å². The predicted molar refractivity (Wildman–Crippen MR) is 66.4 cm³/mol. The van der Waals surface area contributed by atoms with Crippen molar-refractivity contribution in [1.82, 2.24) is 9.21 Å². The van der Waals surface area contributed by atoms with Crippen LogP contribution in [0.4, 0.5) is 0 Å². The molecule has 2 heterocycles. The lowest BCUT2D eigenvalue weighted by Crippen LogP contribution is -2.36. The van der Waals surface area contributed by atoms with E-state index >= 15 is 0 Å². The zero-order valence-corrected chi connectivity index (χ0v) is 11.3. The van der Waals surface area contributed by atoms with Gasteiger partial charge < -0.3 is 9.64 Å². The summed E-state index contributed by atoms with van der Waals surface area (Å²) in [6, 6.07) is 0. The number of hydrogen-bond acceptors (Lipinski definition) is 4. The second-order valence-corrected chi connectivity index (χ2v) is 7.03. The number of rotatable bonds is 3. The highest BCUT2D eigenvalue weighted by Gasteiger charge is 2.24. The predicted octanol–water partition coefficient (Wildman–Crippen LogP) is -0.00980. The summed E-state index contributed by atoms with van der Waals surface area (Å²) in [5.74, 6) is 0.639. The van der Waals surface area contributed by atoms with Gasteiger partial charge in [0.05, 0.1) is 12.9 Å². The van der Waals surface area contributed by atoms with Crippen molar-refractivity contribution in [3.05, 3.63) is 0 Å². The quantitative estimate of drug-likeness (QED) is 0.718. The number of sulfonamides is 1. The van der Waals surface area contributed by atoms with Crippen molar-refractivity contribution in [1.29, 1.82) is 0 Å². The summed E-state index contributed by atoms with van der Waals surface area (Å²) in [5, 5.41) is 0. The van der Waals surface area contributed by atoms with Crippen LogP contribution in [0.1, 0.15) is 12.8 Å². The van der Waals surface area contributed by atoms with Crippen LogP contribution in [0.3, 0.4) is 0 Å². The summed E-state index contributed by atoms with van der Waals surface area (Å²) < 4.78 is 29.9. The van der Waals surface area contributed by atoms with Gasteiger partial charge in [-0.25, -0.2) is 12.7 Å². The Morgan fingerprint density at radius 3 is 2.71 bits per heavy atom. The SMILES string of the molecule is CS(=O)(=O)N1CCCN(C[C@H]2CCOC2)CC1. The third-order valence-corrected chi connectivity index (χ3v) is 4.86. The summed E-state index contributed by atoms with van der Waals surface area (Å²) in [7, 11) is -3.02. The van der Waals surface area contributed by atoms with Gasteiger partial charge in [-0.3, -0.25) is 0 Å². The highest BCUT2D eigenvalue weighted by molar-refractivity contribution is 7.88. The van der Waals surface area contributed by atoms with Crippen molar-refractivity contribution in [2.75, 3.05) is 52.2 Å². The number of ether oxygens (including phenoxy) is 1. The Morgan fingerprint density at radius 1 is 1.24 bits per heavy atom. The number of nitrogens with zero attached hydrogens (tertiary/aromatic N) is 2. The number of hydrogen-bond donors (Lipinski definition) is 0. The molecule has 1 atom stereocenters. The zero-order chi connectivity index (χ0) is 12.3. The highest BCUT2D eigenvalue weighted by atomic mass is 32.2. The van der Waals surface area contributed by atoms with Crippen molar-refractivity contribution in [2.45, 2.75) is 12.8 Å². The maximum Gasteiger partial charge on any atom is 0.211 e. The Morgan fingerprint density at radius 2 is 2.06 bits per heavy atom. The van der Waals surface area contributed by atoms with Gasteiger partial charge in [0.2, 0.25) is 10.0 Å². The molecule has 0 aromatic carbocycles. The molecule has 2 fully saturated rings. The lowest BCUT2D eigenvalue weighted by atomic mass is 10.1. The normalized spacial score (nSPS) is 29.4. The minimum absolute atomic E-state index is 0.631. The first-order valence-electron chi connectivity index (χ1n) is 6.31. The summed E-state index contributed by atoms with van der Waals surface area (Å²) in [6.07, 6.45) is 3.38. The molecule has 17 heavy (non-hydrogen) atoms. The maximum absolute atomic E-state index is 11.5. The average Bonchev–Trinajstić information content (AvgIpc) is 2.61. The maximum atomic E-state index is 11.5. The molecule has 0 unspecified atom stereocenters. The van der Waals surface area contributed by atoms with Gasteiger partial charge in [-0.1, -0.05) is 0 Å². The molecule has 5 nitrogen and oxygen atoms in total. The lowest BCUT2D eigenvalue weighted by molar-refractivity contribution is 0.168. The Balaban J connectivity index is 1.83. The van der Waals surface area contributed by atoms with E-state index in [1.165, 1.54) is 6.26 Å². The molecule has 0 aliphatic carbocycles. The van der Waals surface area contributed by atoms with E-state index in [0.29, 0.717) is 19.0 Å². The standard InChI is InChI=1S/C11H22N2O3S/c1-17(14,15)13-5-2-4-12(6-7-13)9-11-3-8-16-10-11/h11H,2-10H2,1H3/t11-/m1/s1. The van der Waals surface area contributed by atoms with Gasteiger partial charge >= 0.3 is 0 Å². The molecule has 0 bridgehead atoms. The molecule has 0 radical (unpaired) electrons. The second kappa shape index (κ2) is 5.65. The van der Waals surface area contributed by atoms with E-state index in [9.17, 15) is 8.42 Å². The average molecular weight is 262 g/mol. The van der Waals surface area contributed by atoms with Crippen molar-refractivity contribution in [2.24, 2.45) is 5.92 Å². The molecule has 2 aliphatic heterocycles. The molecule has 0 aromatic rings. The Kier molecular flexibility index (Phi) is 4.41. The largest absolute Gasteiger partial charge is 0.381 e. The van der Waals surface area contributed by atoms with Gasteiger partial charge in [-0.2, -0.15) is 0 Å². The van der Waals surface area contributed by atoms with E-state index in [1.807, 2.05) is 0 Å². The Bertz CT molecular complexity index is 339. The molecule has 6 heteroatoms. The first-order chi connectivity index (χ1) is 8.05. The van der Waals surface area contributed by atoms with Crippen LogP contribution >= 0.6 is 0 Å². The first-order valence-corrected chi connectivity index (χ1v) is 8.16. The summed E-state index contributed by atoms with van der Waals surface area (Å²) in [6.45, 7) is 5.95. The summed E-state index contributed by atoms with van der Waals surface area (Å²) >= 11 is 0. The Labute approximate surface area is 104 Å². The third-order valence-electron chi connectivity index (χ3n) is 3.56. The van der Waals surface area contributed by atoms with Crippen LogP contribution in [0, 0.1) is 5.92 Å². The van der Waals surface area contributed by atoms with Crippen molar-refractivity contribution < 1.29 is 13.2 Å². The van der Waals surface area contributed by atoms with Gasteiger partial charge in [0, 0.05) is 32.8 Å². The molecule has 0 N–H and O–H groups in total. The van der Waals surface area contributed by atoms with E-state index in [-0.39, 0.29) is 0 Å². The molecule has 2 rings (SSSR count). The van der Waals surface area contributed by atoms with Crippen LogP contribution in [0.5, 0.6) is 0 Å². The van der Waals surface area contributed by atoms with E-state index < -0.39 is 10.0 Å². The molecule has 0 saturated carbocycles. The van der Waals surface area contributed by atoms with Crippen molar-refractivity contribution in [3.63, 3.8) is 0 Å². The van der Waals surface area contributed by atoms with E-state index in [0.717, 1.165) is 45.7 Å². The van der Waals surface area contributed by atoms with E-state index in [4.69, 9.17) is 4.74 Å². The van der Waals surface area contributed by atoms with Gasteiger partial charge in [0.15, 0.2) is 0 Å². The van der Waals surface area contributed by atoms with E-state index in [2.05, 4.69) is 4.90 Å². The van der Waals surface area contributed by atoms with Crippen LogP contribution in [-0.4, -0.2) is 69.8 Å². The topological polar surface area (TPSA) is 49.9 Å². The lowest BCUT2D eigenvalue weighted by Gasteiger charge is -2.23. The fourth-order valence-electron chi connectivity index (χ4n) is 2.55. The van der Waals surface area contributed by atoms with Gasteiger partial charge in [-0.15, -0.1) is 0 Å². The van der Waals surface area contributed by atoms with Crippen molar-refractivity contribution in [3.8, 4) is 0 Å². The molecule has 100 valence electrons. The summed E-state index contributed by atoms with van der Waals surface area (Å²) in [4.78, 5) is 2.38. The highest BCUT2D eigenvalue weighted by Crippen LogP contribution is 2.15. The molecule has 0 amide bonds. The van der Waals surface area contributed by atoms with Gasteiger partial charge in [-0.05, 0) is 25.3 Å². The monoisotopic (exact) mass is 262 g/mol. The van der Waals surface area contributed by atoms with Crippen molar-refractivity contribution >= 4 is 10.0 Å². The van der Waals surface area contributed by atoms with E-state index in [1.54, 1.807) is 4.31 Å². The molecule has 2 saturated heterocycles. The van der Waals surface area contributed by atoms with Crippen LogP contribution in [-0.2, 0) is 14.8 Å². The summed E-state index contributed by atoms with van der Waals surface area (Å²) in [5.41, 5.74) is 0. The fourth-order valence-corrected chi connectivity index (χ4v) is 3.43. The zero-order valence-electron chi connectivity index (χ0n) is 10.5. The van der Waals surface area contributed by atoms with Crippen LogP contribution < -0.4 is 0 Å². The minimum atomic E-state index is -3.02. The third kappa shape index (κ3) is 3.91. The van der Waals surface area contributed by atoms with Crippen LogP contribution in [0.15, 0.2) is 0 Å². The van der Waals surface area contributed by atoms with Gasteiger partial charge in [0.25, 0.3) is 0 Å². The smallest absolute Gasteiger partial charge is 0.211 e. The van der Waals surface area contributed by atoms with Crippen LogP contribution in [0.25, 0.3) is 0 Å². The fraction of sp³-hybridized carbons (Fsp3) is 1.00. The first kappa shape index (κ1) is 13.3. The second-order valence-electron chi connectivity index (χ2n) is 5.05. The molecule has 0 aromatic heterocycles. The molecule has 2 aliphatic rings. The van der Waals surface area contributed by atoms with Gasteiger partial charge in [0.1, 0.15) is 0 Å². The molecular formula is C11H22N2O3S. The Hall–Kier alpha value is -0.170. The minimum Gasteiger partial charge on any atom is -0.381 e. The molecular weight excluding hydrogens is 240 g/mol. The molecule has 0 spiro atoms.